The van der Waals surface area contributed by atoms with Gasteiger partial charge in [0, 0.05) is 12.1 Å². The van der Waals surface area contributed by atoms with Gasteiger partial charge in [-0.2, -0.15) is 0 Å². The fourth-order valence-corrected chi connectivity index (χ4v) is 1.82. The molecule has 0 saturated carbocycles. The third-order valence-corrected chi connectivity index (χ3v) is 3.02. The molecule has 0 fully saturated rings. The fourth-order valence-electron chi connectivity index (χ4n) is 1.82. The Morgan fingerprint density at radius 2 is 1.68 bits per heavy atom. The summed E-state index contributed by atoms with van der Waals surface area (Å²) >= 11 is 0. The molecule has 3 heteroatoms. The van der Waals surface area contributed by atoms with Gasteiger partial charge in [-0.05, 0) is 36.2 Å². The summed E-state index contributed by atoms with van der Waals surface area (Å²) in [5, 5.41) is 0. The predicted octanol–water partition coefficient (Wildman–Crippen LogP) is 3.90. The molecule has 1 unspecified atom stereocenters. The molecule has 0 aliphatic heterocycles. The quantitative estimate of drug-likeness (QED) is 0.883. The molecule has 0 radical (unpaired) electrons. The van der Waals surface area contributed by atoms with Crippen molar-refractivity contribution < 1.29 is 9.47 Å². The van der Waals surface area contributed by atoms with E-state index >= 15 is 0 Å². The lowest BCUT2D eigenvalue weighted by atomic mass is 10.1. The minimum atomic E-state index is 0.0888. The van der Waals surface area contributed by atoms with Gasteiger partial charge in [0.2, 0.25) is 0 Å². The Morgan fingerprint density at radius 1 is 1.00 bits per heavy atom. The second kappa shape index (κ2) is 6.25. The van der Waals surface area contributed by atoms with Gasteiger partial charge >= 0.3 is 0 Å². The van der Waals surface area contributed by atoms with E-state index in [2.05, 4.69) is 6.92 Å². The number of benzene rings is 2. The first kappa shape index (κ1) is 13.4. The largest absolute Gasteiger partial charge is 0.497 e. The molecule has 0 spiro atoms. The van der Waals surface area contributed by atoms with Crippen molar-refractivity contribution in [2.75, 3.05) is 7.11 Å². The number of hydrogen-bond acceptors (Lipinski definition) is 3. The fraction of sp³-hybridized carbons (Fsp3) is 0.250. The average molecular weight is 257 g/mol. The number of nitrogens with two attached hydrogens (primary N) is 1. The first-order chi connectivity index (χ1) is 9.22. The van der Waals surface area contributed by atoms with Crippen molar-refractivity contribution in [2.45, 2.75) is 19.4 Å². The molecule has 2 aromatic carbocycles. The Balaban J connectivity index is 2.10. The van der Waals surface area contributed by atoms with Crippen LogP contribution in [0.4, 0.5) is 0 Å². The summed E-state index contributed by atoms with van der Waals surface area (Å²) in [5.74, 6) is 2.33. The summed E-state index contributed by atoms with van der Waals surface area (Å²) in [5.41, 5.74) is 7.10. The van der Waals surface area contributed by atoms with E-state index in [1.165, 1.54) is 0 Å². The van der Waals surface area contributed by atoms with Gasteiger partial charge < -0.3 is 15.2 Å². The van der Waals surface area contributed by atoms with Gasteiger partial charge in [-0.15, -0.1) is 0 Å². The zero-order valence-corrected chi connectivity index (χ0v) is 11.3. The van der Waals surface area contributed by atoms with Crippen LogP contribution in [-0.4, -0.2) is 7.11 Å². The highest BCUT2D eigenvalue weighted by Gasteiger charge is 2.04. The first-order valence-corrected chi connectivity index (χ1v) is 6.40. The van der Waals surface area contributed by atoms with Crippen molar-refractivity contribution in [3.05, 3.63) is 54.1 Å². The molecule has 3 nitrogen and oxygen atoms in total. The molecule has 2 rings (SSSR count). The maximum atomic E-state index is 5.98. The predicted molar refractivity (Wildman–Crippen MR) is 76.7 cm³/mol. The number of ether oxygens (including phenoxy) is 2. The van der Waals surface area contributed by atoms with Crippen molar-refractivity contribution in [3.63, 3.8) is 0 Å². The van der Waals surface area contributed by atoms with Crippen molar-refractivity contribution in [1.29, 1.82) is 0 Å². The van der Waals surface area contributed by atoms with Crippen LogP contribution in [0.2, 0.25) is 0 Å². The van der Waals surface area contributed by atoms with Crippen LogP contribution >= 0.6 is 0 Å². The third kappa shape index (κ3) is 3.48. The summed E-state index contributed by atoms with van der Waals surface area (Å²) in [6, 6.07) is 15.5. The smallest absolute Gasteiger partial charge is 0.131 e. The van der Waals surface area contributed by atoms with E-state index in [9.17, 15) is 0 Å². The van der Waals surface area contributed by atoms with Gasteiger partial charge in [0.1, 0.15) is 17.2 Å². The van der Waals surface area contributed by atoms with Crippen LogP contribution < -0.4 is 15.2 Å². The van der Waals surface area contributed by atoms with E-state index in [0.717, 1.165) is 29.2 Å². The van der Waals surface area contributed by atoms with Crippen LogP contribution in [0.15, 0.2) is 48.5 Å². The molecule has 100 valence electrons. The van der Waals surface area contributed by atoms with E-state index in [1.54, 1.807) is 7.11 Å². The van der Waals surface area contributed by atoms with E-state index in [-0.39, 0.29) is 6.04 Å². The van der Waals surface area contributed by atoms with Gasteiger partial charge in [0.25, 0.3) is 0 Å². The second-order valence-corrected chi connectivity index (χ2v) is 4.36. The Bertz CT molecular complexity index is 523. The van der Waals surface area contributed by atoms with Crippen LogP contribution in [-0.2, 0) is 0 Å². The van der Waals surface area contributed by atoms with Crippen LogP contribution in [0.1, 0.15) is 24.9 Å². The molecule has 2 N–H and O–H groups in total. The third-order valence-electron chi connectivity index (χ3n) is 3.02. The summed E-state index contributed by atoms with van der Waals surface area (Å²) in [6.07, 6.45) is 0.927. The number of hydrogen-bond donors (Lipinski definition) is 1. The first-order valence-electron chi connectivity index (χ1n) is 6.40. The number of methoxy groups -OCH3 is 1. The van der Waals surface area contributed by atoms with Gasteiger partial charge in [-0.3, -0.25) is 0 Å². The molecular weight excluding hydrogens is 238 g/mol. The molecule has 0 aliphatic carbocycles. The average Bonchev–Trinajstić information content (AvgIpc) is 2.47. The van der Waals surface area contributed by atoms with Crippen LogP contribution in [0, 0.1) is 0 Å². The van der Waals surface area contributed by atoms with Crippen LogP contribution in [0.5, 0.6) is 17.2 Å². The topological polar surface area (TPSA) is 44.5 Å². The Hall–Kier alpha value is -2.00. The molecule has 19 heavy (non-hydrogen) atoms. The molecule has 0 saturated heterocycles. The Morgan fingerprint density at radius 3 is 2.32 bits per heavy atom. The van der Waals surface area contributed by atoms with Gasteiger partial charge in [-0.1, -0.05) is 25.1 Å². The van der Waals surface area contributed by atoms with E-state index in [1.807, 2.05) is 48.5 Å². The lowest BCUT2D eigenvalue weighted by molar-refractivity contribution is 0.409. The van der Waals surface area contributed by atoms with E-state index < -0.39 is 0 Å². The number of rotatable bonds is 5. The summed E-state index contributed by atoms with van der Waals surface area (Å²) in [7, 11) is 1.64. The SMILES string of the molecule is CCC(N)c1ccc(Oc2cccc(OC)c2)cc1. The summed E-state index contributed by atoms with van der Waals surface area (Å²) < 4.78 is 10.9. The maximum Gasteiger partial charge on any atom is 0.131 e. The molecule has 2 aromatic rings. The monoisotopic (exact) mass is 257 g/mol. The maximum absolute atomic E-state index is 5.98. The molecule has 0 bridgehead atoms. The molecular formula is C16H19NO2. The summed E-state index contributed by atoms with van der Waals surface area (Å²) in [4.78, 5) is 0. The van der Waals surface area contributed by atoms with Crippen molar-refractivity contribution in [2.24, 2.45) is 5.73 Å². The summed E-state index contributed by atoms with van der Waals surface area (Å²) in [6.45, 7) is 2.07. The highest BCUT2D eigenvalue weighted by molar-refractivity contribution is 5.37. The van der Waals surface area contributed by atoms with Crippen LogP contribution in [0.3, 0.4) is 0 Å². The van der Waals surface area contributed by atoms with Gasteiger partial charge in [0.05, 0.1) is 7.11 Å². The van der Waals surface area contributed by atoms with E-state index in [4.69, 9.17) is 15.2 Å². The van der Waals surface area contributed by atoms with Crippen molar-refractivity contribution >= 4 is 0 Å². The molecule has 0 heterocycles. The lowest BCUT2D eigenvalue weighted by Gasteiger charge is -2.11. The second-order valence-electron chi connectivity index (χ2n) is 4.36. The standard InChI is InChI=1S/C16H19NO2/c1-3-16(17)12-7-9-13(10-8-12)19-15-6-4-5-14(11-15)18-2/h4-11,16H,3,17H2,1-2H3. The molecule has 0 amide bonds. The van der Waals surface area contributed by atoms with Gasteiger partial charge in [0.15, 0.2) is 0 Å². The minimum absolute atomic E-state index is 0.0888. The van der Waals surface area contributed by atoms with Crippen molar-refractivity contribution in [3.8, 4) is 17.2 Å². The highest BCUT2D eigenvalue weighted by Crippen LogP contribution is 2.26. The van der Waals surface area contributed by atoms with E-state index in [0.29, 0.717) is 0 Å². The molecule has 0 aliphatic rings. The normalized spacial score (nSPS) is 11.9. The zero-order valence-electron chi connectivity index (χ0n) is 11.3. The van der Waals surface area contributed by atoms with Crippen LogP contribution in [0.25, 0.3) is 0 Å². The van der Waals surface area contributed by atoms with Crippen molar-refractivity contribution in [1.82, 2.24) is 0 Å². The molecule has 0 aromatic heterocycles. The van der Waals surface area contributed by atoms with Gasteiger partial charge in [-0.25, -0.2) is 0 Å². The minimum Gasteiger partial charge on any atom is -0.497 e. The Kier molecular flexibility index (Phi) is 4.42. The molecule has 1 atom stereocenters. The Labute approximate surface area is 114 Å². The highest BCUT2D eigenvalue weighted by atomic mass is 16.5. The zero-order chi connectivity index (χ0) is 13.7. The lowest BCUT2D eigenvalue weighted by Crippen LogP contribution is -2.07.